The number of amides is 1. The summed E-state index contributed by atoms with van der Waals surface area (Å²) in [5.41, 5.74) is 0.637. The fourth-order valence-corrected chi connectivity index (χ4v) is 4.14. The van der Waals surface area contributed by atoms with Gasteiger partial charge in [-0.05, 0) is 36.9 Å². The van der Waals surface area contributed by atoms with E-state index in [1.165, 1.54) is 23.1 Å². The van der Waals surface area contributed by atoms with Crippen molar-refractivity contribution in [3.05, 3.63) is 52.1 Å². The number of hydrogen-bond acceptors (Lipinski definition) is 5. The maximum absolute atomic E-state index is 12.9. The molecule has 0 radical (unpaired) electrons. The number of fused-ring (bicyclic) bond motifs is 1. The number of nitrogens with one attached hydrogen (secondary N) is 1. The van der Waals surface area contributed by atoms with Gasteiger partial charge >= 0.3 is 0 Å². The quantitative estimate of drug-likeness (QED) is 0.531. The minimum absolute atomic E-state index is 0.0491. The Hall–Kier alpha value is -2.12. The molecule has 25 heavy (non-hydrogen) atoms. The Morgan fingerprint density at radius 1 is 1.32 bits per heavy atom. The van der Waals surface area contributed by atoms with Crippen molar-refractivity contribution in [3.8, 4) is 5.69 Å². The highest BCUT2D eigenvalue weighted by molar-refractivity contribution is 8.00. The fourth-order valence-electron chi connectivity index (χ4n) is 2.38. The third kappa shape index (κ3) is 3.77. The van der Waals surface area contributed by atoms with E-state index >= 15 is 0 Å². The van der Waals surface area contributed by atoms with Crippen LogP contribution in [0.15, 0.2) is 51.7 Å². The average Bonchev–Trinajstić information content (AvgIpc) is 3.09. The number of para-hydroxylation sites is 1. The molecule has 0 fully saturated rings. The second-order valence-electron chi connectivity index (χ2n) is 5.56. The average molecular weight is 374 g/mol. The molecule has 1 aromatic carbocycles. The first-order valence-electron chi connectivity index (χ1n) is 8.12. The van der Waals surface area contributed by atoms with E-state index in [2.05, 4.69) is 10.3 Å². The van der Waals surface area contributed by atoms with E-state index in [-0.39, 0.29) is 16.7 Å². The highest BCUT2D eigenvalue weighted by Gasteiger charge is 2.20. The van der Waals surface area contributed by atoms with Crippen LogP contribution in [0.5, 0.6) is 0 Å². The molecule has 1 N–H and O–H groups in total. The van der Waals surface area contributed by atoms with E-state index in [4.69, 9.17) is 0 Å². The molecule has 0 aliphatic rings. The smallest absolute Gasteiger partial charge is 0.267 e. The van der Waals surface area contributed by atoms with Crippen molar-refractivity contribution in [2.45, 2.75) is 30.7 Å². The molecule has 0 aliphatic carbocycles. The highest BCUT2D eigenvalue weighted by Crippen LogP contribution is 2.26. The third-order valence-electron chi connectivity index (χ3n) is 3.68. The summed E-state index contributed by atoms with van der Waals surface area (Å²) in [4.78, 5) is 30.5. The zero-order valence-electron chi connectivity index (χ0n) is 14.1. The first kappa shape index (κ1) is 17.7. The van der Waals surface area contributed by atoms with Gasteiger partial charge in [0.05, 0.1) is 16.3 Å². The summed E-state index contributed by atoms with van der Waals surface area (Å²) >= 11 is 2.73. The van der Waals surface area contributed by atoms with Crippen LogP contribution in [-0.4, -0.2) is 27.3 Å². The van der Waals surface area contributed by atoms with Crippen molar-refractivity contribution in [1.29, 1.82) is 0 Å². The fraction of sp³-hybridized carbons (Fsp3) is 0.278. The van der Waals surface area contributed by atoms with Crippen molar-refractivity contribution in [2.24, 2.45) is 0 Å². The largest absolute Gasteiger partial charge is 0.355 e. The van der Waals surface area contributed by atoms with Crippen LogP contribution in [0.25, 0.3) is 15.9 Å². The van der Waals surface area contributed by atoms with Crippen molar-refractivity contribution < 1.29 is 4.79 Å². The molecule has 2 heterocycles. The van der Waals surface area contributed by atoms with Gasteiger partial charge in [-0.3, -0.25) is 14.2 Å². The van der Waals surface area contributed by atoms with Crippen LogP contribution in [0.1, 0.15) is 20.3 Å². The van der Waals surface area contributed by atoms with Crippen LogP contribution in [-0.2, 0) is 4.79 Å². The second-order valence-corrected chi connectivity index (χ2v) is 7.76. The molecule has 5 nitrogen and oxygen atoms in total. The van der Waals surface area contributed by atoms with Gasteiger partial charge in [-0.25, -0.2) is 4.98 Å². The maximum Gasteiger partial charge on any atom is 0.267 e. The maximum atomic E-state index is 12.9. The Morgan fingerprint density at radius 2 is 2.08 bits per heavy atom. The molecule has 1 atom stereocenters. The molecule has 0 unspecified atom stereocenters. The number of thiophene rings is 1. The summed E-state index contributed by atoms with van der Waals surface area (Å²) in [6.07, 6.45) is 0.886. The zero-order valence-corrected chi connectivity index (χ0v) is 15.7. The monoisotopic (exact) mass is 373 g/mol. The first-order valence-corrected chi connectivity index (χ1v) is 9.87. The van der Waals surface area contributed by atoms with E-state index in [1.807, 2.05) is 49.6 Å². The van der Waals surface area contributed by atoms with Gasteiger partial charge in [-0.1, -0.05) is 36.9 Å². The lowest BCUT2D eigenvalue weighted by atomic mass is 10.3. The van der Waals surface area contributed by atoms with Crippen LogP contribution in [0.3, 0.4) is 0 Å². The molecule has 0 aliphatic heterocycles. The standard InChI is InChI=1S/C18H19N3O2S2/c1-3-10-19-15(22)12(2)25-18-20-16-14(9-11-24-16)17(23)21(18)13-7-5-4-6-8-13/h4-9,11-12H,3,10H2,1-2H3,(H,19,22)/t12-/m1/s1. The van der Waals surface area contributed by atoms with Crippen molar-refractivity contribution >= 4 is 39.2 Å². The van der Waals surface area contributed by atoms with Crippen LogP contribution in [0, 0.1) is 0 Å². The number of carbonyl (C=O) groups excluding carboxylic acids is 1. The lowest BCUT2D eigenvalue weighted by Gasteiger charge is -2.15. The third-order valence-corrected chi connectivity index (χ3v) is 5.54. The number of thioether (sulfide) groups is 1. The Morgan fingerprint density at radius 3 is 2.80 bits per heavy atom. The molecule has 1 amide bonds. The Bertz CT molecular complexity index is 934. The van der Waals surface area contributed by atoms with Gasteiger partial charge in [0.15, 0.2) is 5.16 Å². The predicted octanol–water partition coefficient (Wildman–Crippen LogP) is 3.45. The lowest BCUT2D eigenvalue weighted by molar-refractivity contribution is -0.120. The van der Waals surface area contributed by atoms with Crippen molar-refractivity contribution in [3.63, 3.8) is 0 Å². The summed E-state index contributed by atoms with van der Waals surface area (Å²) in [5, 5.41) is 5.54. The van der Waals surface area contributed by atoms with Gasteiger partial charge in [0.2, 0.25) is 5.91 Å². The Labute approximate surface area is 154 Å². The molecular weight excluding hydrogens is 354 g/mol. The molecule has 130 valence electrons. The van der Waals surface area contributed by atoms with Gasteiger partial charge in [-0.15, -0.1) is 11.3 Å². The molecule has 7 heteroatoms. The molecule has 3 rings (SSSR count). The van der Waals surface area contributed by atoms with Gasteiger partial charge in [0.25, 0.3) is 5.56 Å². The van der Waals surface area contributed by atoms with Gasteiger partial charge in [0, 0.05) is 6.54 Å². The Kier molecular flexibility index (Phi) is 5.55. The summed E-state index contributed by atoms with van der Waals surface area (Å²) in [7, 11) is 0. The molecule has 0 saturated carbocycles. The molecule has 0 spiro atoms. The molecule has 3 aromatic rings. The number of nitrogens with zero attached hydrogens (tertiary/aromatic N) is 2. The van der Waals surface area contributed by atoms with Crippen molar-refractivity contribution in [2.75, 3.05) is 6.54 Å². The number of hydrogen-bond donors (Lipinski definition) is 1. The number of rotatable bonds is 6. The van der Waals surface area contributed by atoms with Gasteiger partial charge in [0.1, 0.15) is 4.83 Å². The summed E-state index contributed by atoms with van der Waals surface area (Å²) in [5.74, 6) is -0.0491. The van der Waals surface area contributed by atoms with E-state index < -0.39 is 0 Å². The molecule has 0 bridgehead atoms. The van der Waals surface area contributed by atoms with E-state index in [0.717, 1.165) is 12.1 Å². The predicted molar refractivity (Wildman–Crippen MR) is 104 cm³/mol. The first-order chi connectivity index (χ1) is 12.1. The SMILES string of the molecule is CCCNC(=O)[C@@H](C)Sc1nc2sccc2c(=O)n1-c1ccccc1. The normalized spacial score (nSPS) is 12.2. The topological polar surface area (TPSA) is 64.0 Å². The second kappa shape index (κ2) is 7.84. The van der Waals surface area contributed by atoms with Crippen LogP contribution in [0.2, 0.25) is 0 Å². The summed E-state index contributed by atoms with van der Waals surface area (Å²) in [6.45, 7) is 4.49. The zero-order chi connectivity index (χ0) is 17.8. The van der Waals surface area contributed by atoms with Gasteiger partial charge in [-0.2, -0.15) is 0 Å². The molecule has 0 saturated heterocycles. The van der Waals surface area contributed by atoms with E-state index in [1.54, 1.807) is 10.6 Å². The van der Waals surface area contributed by atoms with Crippen LogP contribution < -0.4 is 10.9 Å². The number of aromatic nitrogens is 2. The van der Waals surface area contributed by atoms with Gasteiger partial charge < -0.3 is 5.32 Å². The van der Waals surface area contributed by atoms with Crippen molar-refractivity contribution in [1.82, 2.24) is 14.9 Å². The Balaban J connectivity index is 2.04. The lowest BCUT2D eigenvalue weighted by Crippen LogP contribution is -2.32. The molecular formula is C18H19N3O2S2. The van der Waals surface area contributed by atoms with E-state index in [0.29, 0.717) is 21.9 Å². The van der Waals surface area contributed by atoms with Crippen LogP contribution >= 0.6 is 23.1 Å². The molecule has 2 aromatic heterocycles. The number of benzene rings is 1. The summed E-state index contributed by atoms with van der Waals surface area (Å²) in [6, 6.07) is 11.2. The van der Waals surface area contributed by atoms with E-state index in [9.17, 15) is 9.59 Å². The minimum Gasteiger partial charge on any atom is -0.355 e. The summed E-state index contributed by atoms with van der Waals surface area (Å²) < 4.78 is 1.59. The minimum atomic E-state index is -0.342. The van der Waals surface area contributed by atoms with Crippen LogP contribution in [0.4, 0.5) is 0 Å². The number of carbonyl (C=O) groups is 1. The highest BCUT2D eigenvalue weighted by atomic mass is 32.2.